The highest BCUT2D eigenvalue weighted by Crippen LogP contribution is 2.47. The van der Waals surface area contributed by atoms with E-state index in [9.17, 15) is 9.59 Å². The lowest BCUT2D eigenvalue weighted by atomic mass is 10.2. The Morgan fingerprint density at radius 2 is 2.19 bits per heavy atom. The van der Waals surface area contributed by atoms with Crippen molar-refractivity contribution in [2.45, 2.75) is 24.9 Å². The Morgan fingerprint density at radius 3 is 2.75 bits per heavy atom. The van der Waals surface area contributed by atoms with E-state index in [-0.39, 0.29) is 25.1 Å². The molecule has 1 aliphatic heterocycles. The Hall–Kier alpha value is -1.23. The highest BCUT2D eigenvalue weighted by atomic mass is 35.5. The quantitative estimate of drug-likeness (QED) is 0.603. The minimum Gasteiger partial charge on any atom is -0.465 e. The Balaban J connectivity index is 0.00000128. The van der Waals surface area contributed by atoms with E-state index in [2.05, 4.69) is 6.58 Å². The van der Waals surface area contributed by atoms with E-state index >= 15 is 0 Å². The second-order valence-electron chi connectivity index (χ2n) is 3.92. The zero-order valence-corrected chi connectivity index (χ0v) is 9.48. The number of hydrogen-bond acceptors (Lipinski definition) is 3. The van der Waals surface area contributed by atoms with Crippen LogP contribution in [0.1, 0.15) is 12.8 Å². The normalized spacial score (nSPS) is 30.0. The van der Waals surface area contributed by atoms with Crippen molar-refractivity contribution in [1.29, 1.82) is 0 Å². The van der Waals surface area contributed by atoms with E-state index in [4.69, 9.17) is 9.84 Å². The molecule has 2 aliphatic rings. The summed E-state index contributed by atoms with van der Waals surface area (Å²) >= 11 is 0. The standard InChI is InChI=1S/C10H13NO4.ClH/c1-2-3-15-9(12)8-5-6-4-7(6)11(8)10(13)14;/h2,6-8H,1,3-5H2,(H,13,14);1H/t6-,7-,8+;/m1./s1. The van der Waals surface area contributed by atoms with Gasteiger partial charge in [-0.2, -0.15) is 0 Å². The molecular weight excluding hydrogens is 234 g/mol. The van der Waals surface area contributed by atoms with Crippen molar-refractivity contribution >= 4 is 24.5 Å². The van der Waals surface area contributed by atoms with Gasteiger partial charge in [0.2, 0.25) is 0 Å². The molecule has 0 aromatic rings. The van der Waals surface area contributed by atoms with Crippen LogP contribution in [0.15, 0.2) is 12.7 Å². The van der Waals surface area contributed by atoms with Gasteiger partial charge in [0.15, 0.2) is 0 Å². The van der Waals surface area contributed by atoms with Gasteiger partial charge in [-0.25, -0.2) is 9.59 Å². The summed E-state index contributed by atoms with van der Waals surface area (Å²) < 4.78 is 4.86. The largest absolute Gasteiger partial charge is 0.465 e. The Labute approximate surface area is 99.5 Å². The first kappa shape index (κ1) is 12.8. The summed E-state index contributed by atoms with van der Waals surface area (Å²) in [6.07, 6.45) is 1.93. The second kappa shape index (κ2) is 4.74. The number of nitrogens with zero attached hydrogens (tertiary/aromatic N) is 1. The molecule has 1 heterocycles. The fourth-order valence-corrected chi connectivity index (χ4v) is 2.18. The molecule has 1 saturated heterocycles. The predicted octanol–water partition coefficient (Wildman–Crippen LogP) is 1.28. The molecule has 1 saturated carbocycles. The summed E-state index contributed by atoms with van der Waals surface area (Å²) in [6.45, 7) is 3.57. The van der Waals surface area contributed by atoms with E-state index < -0.39 is 18.1 Å². The number of ether oxygens (including phenoxy) is 1. The van der Waals surface area contributed by atoms with Crippen LogP contribution in [0, 0.1) is 5.92 Å². The lowest BCUT2D eigenvalue weighted by Gasteiger charge is -2.22. The van der Waals surface area contributed by atoms with Crippen LogP contribution in [0.3, 0.4) is 0 Å². The maximum absolute atomic E-state index is 11.5. The van der Waals surface area contributed by atoms with Crippen molar-refractivity contribution < 1.29 is 19.4 Å². The smallest absolute Gasteiger partial charge is 0.408 e. The van der Waals surface area contributed by atoms with Crippen molar-refractivity contribution in [1.82, 2.24) is 4.90 Å². The molecule has 16 heavy (non-hydrogen) atoms. The molecule has 1 amide bonds. The molecule has 3 atom stereocenters. The molecule has 0 unspecified atom stereocenters. The molecule has 0 spiro atoms. The van der Waals surface area contributed by atoms with Gasteiger partial charge in [0.05, 0.1) is 0 Å². The summed E-state index contributed by atoms with van der Waals surface area (Å²) in [6, 6.07) is -0.560. The highest BCUT2D eigenvalue weighted by molar-refractivity contribution is 5.85. The number of rotatable bonds is 3. The number of likely N-dealkylation sites (tertiary alicyclic amines) is 1. The number of piperidine rings is 1. The van der Waals surface area contributed by atoms with Crippen LogP contribution in [0.4, 0.5) is 4.79 Å². The minimum absolute atomic E-state index is 0. The van der Waals surface area contributed by atoms with E-state index in [1.165, 1.54) is 11.0 Å². The lowest BCUT2D eigenvalue weighted by Crippen LogP contribution is -2.43. The number of amides is 1. The summed E-state index contributed by atoms with van der Waals surface area (Å²) in [7, 11) is 0. The molecule has 0 aromatic heterocycles. The molecule has 2 rings (SSSR count). The third kappa shape index (κ3) is 2.14. The number of esters is 1. The summed E-state index contributed by atoms with van der Waals surface area (Å²) in [5.74, 6) is -0.0909. The SMILES string of the molecule is C=CCOC(=O)[C@@H]1C[C@H]2C[C@H]2N1C(=O)O.Cl. The molecular formula is C10H14ClNO4. The summed E-state index contributed by atoms with van der Waals surface area (Å²) in [5, 5.41) is 8.95. The van der Waals surface area contributed by atoms with Gasteiger partial charge in [-0.1, -0.05) is 12.7 Å². The van der Waals surface area contributed by atoms with Crippen molar-refractivity contribution in [3.8, 4) is 0 Å². The molecule has 90 valence electrons. The van der Waals surface area contributed by atoms with Gasteiger partial charge in [-0.3, -0.25) is 4.90 Å². The van der Waals surface area contributed by atoms with Gasteiger partial charge in [0, 0.05) is 6.04 Å². The third-order valence-electron chi connectivity index (χ3n) is 2.94. The van der Waals surface area contributed by atoms with Gasteiger partial charge >= 0.3 is 12.1 Å². The average molecular weight is 248 g/mol. The molecule has 0 radical (unpaired) electrons. The van der Waals surface area contributed by atoms with E-state index in [1.807, 2.05) is 0 Å². The maximum atomic E-state index is 11.5. The van der Waals surface area contributed by atoms with E-state index in [1.54, 1.807) is 0 Å². The number of carbonyl (C=O) groups is 2. The van der Waals surface area contributed by atoms with E-state index in [0.717, 1.165) is 6.42 Å². The van der Waals surface area contributed by atoms with E-state index in [0.29, 0.717) is 12.3 Å². The van der Waals surface area contributed by atoms with Crippen LogP contribution < -0.4 is 0 Å². The average Bonchev–Trinajstić information content (AvgIpc) is 2.85. The summed E-state index contributed by atoms with van der Waals surface area (Å²) in [4.78, 5) is 23.7. The first-order chi connectivity index (χ1) is 7.15. The molecule has 1 N–H and O–H groups in total. The first-order valence-corrected chi connectivity index (χ1v) is 4.94. The maximum Gasteiger partial charge on any atom is 0.408 e. The molecule has 5 nitrogen and oxygen atoms in total. The molecule has 6 heteroatoms. The van der Waals surface area contributed by atoms with Gasteiger partial charge < -0.3 is 9.84 Å². The highest BCUT2D eigenvalue weighted by Gasteiger charge is 2.56. The Morgan fingerprint density at radius 1 is 1.50 bits per heavy atom. The molecule has 0 aromatic carbocycles. The van der Waals surface area contributed by atoms with Crippen LogP contribution in [-0.4, -0.2) is 40.8 Å². The number of fused-ring (bicyclic) bond motifs is 1. The zero-order chi connectivity index (χ0) is 11.0. The third-order valence-corrected chi connectivity index (χ3v) is 2.94. The fraction of sp³-hybridized carbons (Fsp3) is 0.600. The van der Waals surface area contributed by atoms with Crippen LogP contribution in [-0.2, 0) is 9.53 Å². The topological polar surface area (TPSA) is 66.8 Å². The van der Waals surface area contributed by atoms with Crippen molar-refractivity contribution in [3.05, 3.63) is 12.7 Å². The van der Waals surface area contributed by atoms with Crippen LogP contribution in [0.2, 0.25) is 0 Å². The Kier molecular flexibility index (Phi) is 3.80. The first-order valence-electron chi connectivity index (χ1n) is 4.94. The van der Waals surface area contributed by atoms with Crippen LogP contribution in [0.5, 0.6) is 0 Å². The predicted molar refractivity (Wildman–Crippen MR) is 58.6 cm³/mol. The molecule has 0 bridgehead atoms. The number of halogens is 1. The Bertz CT molecular complexity index is 320. The summed E-state index contributed by atoms with van der Waals surface area (Å²) in [5.41, 5.74) is 0. The van der Waals surface area contributed by atoms with Gasteiger partial charge in [-0.05, 0) is 18.8 Å². The van der Waals surface area contributed by atoms with Crippen molar-refractivity contribution in [2.24, 2.45) is 5.92 Å². The van der Waals surface area contributed by atoms with Crippen LogP contribution >= 0.6 is 12.4 Å². The van der Waals surface area contributed by atoms with Crippen molar-refractivity contribution in [2.75, 3.05) is 6.61 Å². The second-order valence-corrected chi connectivity index (χ2v) is 3.92. The number of carboxylic acid groups (broad SMARTS) is 1. The van der Waals surface area contributed by atoms with Gasteiger partial charge in [-0.15, -0.1) is 12.4 Å². The number of hydrogen-bond donors (Lipinski definition) is 1. The lowest BCUT2D eigenvalue weighted by molar-refractivity contribution is -0.147. The number of carbonyl (C=O) groups excluding carboxylic acids is 1. The van der Waals surface area contributed by atoms with Crippen LogP contribution in [0.25, 0.3) is 0 Å². The van der Waals surface area contributed by atoms with Gasteiger partial charge in [0.25, 0.3) is 0 Å². The monoisotopic (exact) mass is 247 g/mol. The molecule has 1 aliphatic carbocycles. The fourth-order valence-electron chi connectivity index (χ4n) is 2.18. The van der Waals surface area contributed by atoms with Crippen molar-refractivity contribution in [3.63, 3.8) is 0 Å². The zero-order valence-electron chi connectivity index (χ0n) is 8.67. The molecule has 2 fully saturated rings. The van der Waals surface area contributed by atoms with Gasteiger partial charge in [0.1, 0.15) is 12.6 Å². The minimum atomic E-state index is -1.03.